The van der Waals surface area contributed by atoms with Gasteiger partial charge in [-0.25, -0.2) is 9.79 Å². The van der Waals surface area contributed by atoms with Gasteiger partial charge in [-0.2, -0.15) is 0 Å². The lowest BCUT2D eigenvalue weighted by Gasteiger charge is -2.21. The van der Waals surface area contributed by atoms with E-state index in [1.165, 1.54) is 7.05 Å². The van der Waals surface area contributed by atoms with Gasteiger partial charge in [0.25, 0.3) is 0 Å². The number of carbonyl (C=O) groups excluding carboxylic acids is 1. The Kier molecular flexibility index (Phi) is 4.99. The van der Waals surface area contributed by atoms with Gasteiger partial charge < -0.3 is 5.32 Å². The SMILES string of the molecule is CCCCC1(C)SC(=NOC(=O)NC)N=C1C. The monoisotopic (exact) mass is 257 g/mol. The van der Waals surface area contributed by atoms with Crippen molar-refractivity contribution in [2.45, 2.75) is 44.8 Å². The highest BCUT2D eigenvalue weighted by atomic mass is 32.2. The molecule has 96 valence electrons. The van der Waals surface area contributed by atoms with Crippen LogP contribution in [-0.4, -0.2) is 28.8 Å². The third kappa shape index (κ3) is 3.73. The van der Waals surface area contributed by atoms with Crippen LogP contribution in [0.3, 0.4) is 0 Å². The first-order chi connectivity index (χ1) is 8.01. The maximum atomic E-state index is 10.9. The van der Waals surface area contributed by atoms with Gasteiger partial charge in [-0.3, -0.25) is 4.84 Å². The van der Waals surface area contributed by atoms with E-state index in [2.05, 4.69) is 34.1 Å². The molecule has 1 amide bonds. The van der Waals surface area contributed by atoms with Gasteiger partial charge in [0.1, 0.15) is 0 Å². The maximum absolute atomic E-state index is 10.9. The number of hydrogen-bond donors (Lipinski definition) is 1. The van der Waals surface area contributed by atoms with Crippen molar-refractivity contribution in [2.75, 3.05) is 7.05 Å². The molecule has 0 fully saturated rings. The molecule has 1 unspecified atom stereocenters. The van der Waals surface area contributed by atoms with Crippen LogP contribution in [0.4, 0.5) is 4.79 Å². The van der Waals surface area contributed by atoms with Crippen LogP contribution >= 0.6 is 11.8 Å². The van der Waals surface area contributed by atoms with Gasteiger partial charge in [-0.1, -0.05) is 31.5 Å². The molecule has 1 rings (SSSR count). The lowest BCUT2D eigenvalue weighted by molar-refractivity contribution is 0.153. The number of nitrogens with one attached hydrogen (secondary N) is 1. The fourth-order valence-corrected chi connectivity index (χ4v) is 2.57. The van der Waals surface area contributed by atoms with E-state index in [1.807, 2.05) is 6.92 Å². The summed E-state index contributed by atoms with van der Waals surface area (Å²) >= 11 is 1.55. The molecule has 1 aliphatic rings. The Morgan fingerprint density at radius 1 is 1.65 bits per heavy atom. The van der Waals surface area contributed by atoms with Gasteiger partial charge in [-0.05, 0) is 25.4 Å². The maximum Gasteiger partial charge on any atom is 0.433 e. The number of unbranched alkanes of at least 4 members (excludes halogenated alkanes) is 1. The smallest absolute Gasteiger partial charge is 0.323 e. The molecule has 17 heavy (non-hydrogen) atoms. The van der Waals surface area contributed by atoms with Gasteiger partial charge in [0.2, 0.25) is 5.17 Å². The summed E-state index contributed by atoms with van der Waals surface area (Å²) in [6.45, 7) is 6.30. The lowest BCUT2D eigenvalue weighted by atomic mass is 9.99. The first-order valence-corrected chi connectivity index (χ1v) is 6.55. The third-order valence-corrected chi connectivity index (χ3v) is 4.06. The number of thioether (sulfide) groups is 1. The molecule has 1 heterocycles. The van der Waals surface area contributed by atoms with Crippen LogP contribution < -0.4 is 5.32 Å². The van der Waals surface area contributed by atoms with Gasteiger partial charge in [0.05, 0.1) is 4.75 Å². The molecule has 0 aromatic carbocycles. The summed E-state index contributed by atoms with van der Waals surface area (Å²) in [7, 11) is 1.49. The second-order valence-corrected chi connectivity index (χ2v) is 5.61. The first kappa shape index (κ1) is 14.0. The lowest BCUT2D eigenvalue weighted by Crippen LogP contribution is -2.26. The minimum Gasteiger partial charge on any atom is -0.323 e. The van der Waals surface area contributed by atoms with Gasteiger partial charge in [-0.15, -0.1) is 0 Å². The van der Waals surface area contributed by atoms with Crippen LogP contribution in [0.1, 0.15) is 40.0 Å². The van der Waals surface area contributed by atoms with Crippen molar-refractivity contribution >= 4 is 28.7 Å². The van der Waals surface area contributed by atoms with E-state index in [4.69, 9.17) is 0 Å². The number of rotatable bonds is 4. The highest BCUT2D eigenvalue weighted by Crippen LogP contribution is 2.38. The highest BCUT2D eigenvalue weighted by Gasteiger charge is 2.35. The quantitative estimate of drug-likeness (QED) is 0.622. The molecular weight excluding hydrogens is 238 g/mol. The summed E-state index contributed by atoms with van der Waals surface area (Å²) in [5, 5.41) is 6.58. The predicted molar refractivity (Wildman–Crippen MR) is 71.6 cm³/mol. The van der Waals surface area contributed by atoms with Crippen molar-refractivity contribution in [1.29, 1.82) is 0 Å². The van der Waals surface area contributed by atoms with Crippen molar-refractivity contribution in [3.63, 3.8) is 0 Å². The van der Waals surface area contributed by atoms with E-state index in [-0.39, 0.29) is 4.75 Å². The molecule has 1 aliphatic heterocycles. The predicted octanol–water partition coefficient (Wildman–Crippen LogP) is 2.77. The number of nitrogens with zero attached hydrogens (tertiary/aromatic N) is 2. The average molecular weight is 257 g/mol. The number of carbonyl (C=O) groups is 1. The Hall–Kier alpha value is -1.04. The van der Waals surface area contributed by atoms with Crippen LogP contribution in [-0.2, 0) is 4.84 Å². The number of amidine groups is 1. The molecular formula is C11H19N3O2S. The molecule has 0 radical (unpaired) electrons. The molecule has 0 aromatic rings. The van der Waals surface area contributed by atoms with Crippen LogP contribution in [0.2, 0.25) is 0 Å². The van der Waals surface area contributed by atoms with Crippen LogP contribution in [0.25, 0.3) is 0 Å². The van der Waals surface area contributed by atoms with Gasteiger partial charge in [0.15, 0.2) is 0 Å². The average Bonchev–Trinajstić information content (AvgIpc) is 2.60. The zero-order valence-electron chi connectivity index (χ0n) is 10.7. The summed E-state index contributed by atoms with van der Waals surface area (Å²) in [5.74, 6) is 0. The van der Waals surface area contributed by atoms with E-state index in [9.17, 15) is 4.79 Å². The van der Waals surface area contributed by atoms with Crippen LogP contribution in [0.5, 0.6) is 0 Å². The number of oxime groups is 1. The van der Waals surface area contributed by atoms with Crippen molar-refractivity contribution in [2.24, 2.45) is 10.1 Å². The summed E-state index contributed by atoms with van der Waals surface area (Å²) in [6.07, 6.45) is 2.79. The van der Waals surface area contributed by atoms with E-state index in [0.717, 1.165) is 25.0 Å². The Labute approximate surface area is 106 Å². The zero-order chi connectivity index (χ0) is 12.9. The molecule has 5 nitrogen and oxygen atoms in total. The van der Waals surface area contributed by atoms with Crippen molar-refractivity contribution in [3.8, 4) is 0 Å². The topological polar surface area (TPSA) is 63.0 Å². The zero-order valence-corrected chi connectivity index (χ0v) is 11.6. The summed E-state index contributed by atoms with van der Waals surface area (Å²) in [6, 6.07) is 0. The summed E-state index contributed by atoms with van der Waals surface area (Å²) in [5.41, 5.74) is 1.04. The van der Waals surface area contributed by atoms with Crippen molar-refractivity contribution in [3.05, 3.63) is 0 Å². The fraction of sp³-hybridized carbons (Fsp3) is 0.727. The number of hydrogen-bond acceptors (Lipinski definition) is 4. The van der Waals surface area contributed by atoms with Crippen molar-refractivity contribution < 1.29 is 9.63 Å². The Balaban J connectivity index is 2.62. The first-order valence-electron chi connectivity index (χ1n) is 5.73. The second-order valence-electron chi connectivity index (χ2n) is 4.14. The minimum absolute atomic E-state index is 0.0130. The van der Waals surface area contributed by atoms with Crippen LogP contribution in [0, 0.1) is 0 Å². The van der Waals surface area contributed by atoms with Gasteiger partial charge >= 0.3 is 6.09 Å². The van der Waals surface area contributed by atoms with Crippen LogP contribution in [0.15, 0.2) is 10.1 Å². The Bertz CT molecular complexity index is 355. The Morgan fingerprint density at radius 2 is 2.35 bits per heavy atom. The fourth-order valence-electron chi connectivity index (χ4n) is 1.47. The molecule has 0 aromatic heterocycles. The summed E-state index contributed by atoms with van der Waals surface area (Å²) in [4.78, 5) is 19.8. The molecule has 6 heteroatoms. The number of amides is 1. The third-order valence-electron chi connectivity index (χ3n) is 2.76. The molecule has 0 saturated heterocycles. The molecule has 1 atom stereocenters. The van der Waals surface area contributed by atoms with Crippen molar-refractivity contribution in [1.82, 2.24) is 5.32 Å². The second kappa shape index (κ2) is 6.05. The minimum atomic E-state index is -0.576. The largest absolute Gasteiger partial charge is 0.433 e. The normalized spacial score (nSPS) is 25.9. The molecule has 0 aliphatic carbocycles. The van der Waals surface area contributed by atoms with E-state index in [0.29, 0.717) is 5.17 Å². The standard InChI is InChI=1S/C11H19N3O2S/c1-5-6-7-11(3)8(2)13-9(17-11)14-16-10(15)12-4/h5-7H2,1-4H3,(H,12,15). The van der Waals surface area contributed by atoms with E-state index >= 15 is 0 Å². The highest BCUT2D eigenvalue weighted by molar-refractivity contribution is 8.16. The molecule has 0 bridgehead atoms. The Morgan fingerprint density at radius 3 is 2.94 bits per heavy atom. The molecule has 0 spiro atoms. The van der Waals surface area contributed by atoms with E-state index in [1.54, 1.807) is 11.8 Å². The summed E-state index contributed by atoms with van der Waals surface area (Å²) < 4.78 is -0.0130. The number of aliphatic imine (C=N–C) groups is 1. The van der Waals surface area contributed by atoms with Gasteiger partial charge in [0, 0.05) is 12.8 Å². The molecule has 0 saturated carbocycles. The van der Waals surface area contributed by atoms with E-state index < -0.39 is 6.09 Å². The molecule has 1 N–H and O–H groups in total.